The van der Waals surface area contributed by atoms with Crippen LogP contribution in [0.4, 0.5) is 0 Å². The summed E-state index contributed by atoms with van der Waals surface area (Å²) in [4.78, 5) is 15.4. The van der Waals surface area contributed by atoms with Gasteiger partial charge in [0.1, 0.15) is 0 Å². The van der Waals surface area contributed by atoms with E-state index in [1.807, 2.05) is 24.0 Å². The zero-order chi connectivity index (χ0) is 12.4. The van der Waals surface area contributed by atoms with Crippen molar-refractivity contribution in [1.29, 1.82) is 0 Å². The summed E-state index contributed by atoms with van der Waals surface area (Å²) in [6, 6.07) is 3.60. The average Bonchev–Trinajstić information content (AvgIpc) is 2.82. The number of hydrogen-bond acceptors (Lipinski definition) is 4. The molecule has 0 amide bonds. The van der Waals surface area contributed by atoms with E-state index in [4.69, 9.17) is 0 Å². The Morgan fingerprint density at radius 1 is 1.44 bits per heavy atom. The molecule has 2 aromatic heterocycles. The monoisotopic (exact) mass is 261 g/mol. The van der Waals surface area contributed by atoms with Crippen LogP contribution in [-0.2, 0) is 6.42 Å². The van der Waals surface area contributed by atoms with Crippen LogP contribution in [0.5, 0.6) is 0 Å². The molecule has 0 bridgehead atoms. The Morgan fingerprint density at radius 3 is 3.06 bits per heavy atom. The van der Waals surface area contributed by atoms with Crippen LogP contribution in [0.3, 0.4) is 0 Å². The molecule has 0 saturated carbocycles. The Bertz CT molecular complexity index is 560. The van der Waals surface area contributed by atoms with Gasteiger partial charge >= 0.3 is 0 Å². The van der Waals surface area contributed by atoms with Crippen LogP contribution in [-0.4, -0.2) is 32.4 Å². The van der Waals surface area contributed by atoms with Gasteiger partial charge in [0, 0.05) is 12.6 Å². The lowest BCUT2D eigenvalue weighted by atomic mass is 9.99. The molecular weight excluding hydrogens is 246 g/mol. The van der Waals surface area contributed by atoms with Crippen molar-refractivity contribution in [2.45, 2.75) is 19.3 Å². The van der Waals surface area contributed by atoms with Crippen molar-refractivity contribution in [3.63, 3.8) is 0 Å². The van der Waals surface area contributed by atoms with Gasteiger partial charge in [0.25, 0.3) is 0 Å². The molecular formula is C13H15N3OS. The van der Waals surface area contributed by atoms with Gasteiger partial charge in [-0.05, 0) is 42.4 Å². The molecule has 0 unspecified atom stereocenters. The van der Waals surface area contributed by atoms with Crippen molar-refractivity contribution >= 4 is 23.7 Å². The molecule has 1 saturated heterocycles. The highest BCUT2D eigenvalue weighted by molar-refractivity contribution is 7.99. The molecule has 0 N–H and O–H groups in total. The maximum absolute atomic E-state index is 10.9. The molecule has 0 radical (unpaired) electrons. The van der Waals surface area contributed by atoms with Crippen molar-refractivity contribution in [2.24, 2.45) is 5.92 Å². The van der Waals surface area contributed by atoms with Crippen LogP contribution in [0.15, 0.2) is 18.3 Å². The Morgan fingerprint density at radius 2 is 2.28 bits per heavy atom. The molecule has 0 spiro atoms. The summed E-state index contributed by atoms with van der Waals surface area (Å²) in [5.74, 6) is 4.06. The fourth-order valence-electron chi connectivity index (χ4n) is 2.36. The summed E-state index contributed by atoms with van der Waals surface area (Å²) in [6.07, 6.45) is 6.11. The van der Waals surface area contributed by atoms with E-state index in [0.717, 1.165) is 18.5 Å². The number of carbonyl (C=O) groups excluding carboxylic acids is 1. The summed E-state index contributed by atoms with van der Waals surface area (Å²) < 4.78 is 1.71. The number of carbonyl (C=O) groups is 1. The van der Waals surface area contributed by atoms with E-state index in [-0.39, 0.29) is 0 Å². The highest BCUT2D eigenvalue weighted by atomic mass is 32.2. The molecule has 0 atom stereocenters. The Balaban J connectivity index is 1.86. The first-order chi connectivity index (χ1) is 8.86. The summed E-state index contributed by atoms with van der Waals surface area (Å²) in [7, 11) is 0. The summed E-state index contributed by atoms with van der Waals surface area (Å²) in [6.45, 7) is 0. The van der Waals surface area contributed by atoms with Gasteiger partial charge in [-0.2, -0.15) is 16.9 Å². The van der Waals surface area contributed by atoms with Crippen molar-refractivity contribution in [3.05, 3.63) is 29.7 Å². The third-order valence-corrected chi connectivity index (χ3v) is 4.42. The highest BCUT2D eigenvalue weighted by Crippen LogP contribution is 2.25. The third kappa shape index (κ3) is 2.27. The number of rotatable bonds is 3. The fraction of sp³-hybridized carbons (Fsp3) is 0.462. The zero-order valence-corrected chi connectivity index (χ0v) is 10.9. The summed E-state index contributed by atoms with van der Waals surface area (Å²) >= 11 is 2.03. The zero-order valence-electron chi connectivity index (χ0n) is 10.1. The van der Waals surface area contributed by atoms with Crippen LogP contribution in [0, 0.1) is 5.92 Å². The minimum atomic E-state index is 0.607. The number of pyridine rings is 1. The minimum Gasteiger partial charge on any atom is -0.298 e. The summed E-state index contributed by atoms with van der Waals surface area (Å²) in [5, 5.41) is 4.46. The predicted molar refractivity (Wildman–Crippen MR) is 72.1 cm³/mol. The van der Waals surface area contributed by atoms with Crippen molar-refractivity contribution in [1.82, 2.24) is 14.6 Å². The fourth-order valence-corrected chi connectivity index (χ4v) is 3.56. The molecule has 1 fully saturated rings. The maximum atomic E-state index is 10.9. The van der Waals surface area contributed by atoms with Crippen molar-refractivity contribution in [2.75, 3.05) is 11.5 Å². The van der Waals surface area contributed by atoms with Crippen LogP contribution < -0.4 is 0 Å². The van der Waals surface area contributed by atoms with Crippen molar-refractivity contribution in [3.8, 4) is 0 Å². The Labute approximate surface area is 110 Å². The van der Waals surface area contributed by atoms with E-state index < -0.39 is 0 Å². The van der Waals surface area contributed by atoms with Gasteiger partial charge in [-0.25, -0.2) is 9.50 Å². The average molecular weight is 261 g/mol. The first-order valence-electron chi connectivity index (χ1n) is 6.24. The number of fused-ring (bicyclic) bond motifs is 1. The molecule has 4 nitrogen and oxygen atoms in total. The van der Waals surface area contributed by atoms with E-state index in [1.54, 1.807) is 10.6 Å². The number of hydrogen-bond donors (Lipinski definition) is 0. The molecule has 3 heterocycles. The second-order valence-electron chi connectivity index (χ2n) is 4.64. The molecule has 0 aliphatic carbocycles. The topological polar surface area (TPSA) is 47.3 Å². The van der Waals surface area contributed by atoms with E-state index >= 15 is 0 Å². The van der Waals surface area contributed by atoms with Crippen LogP contribution in [0.2, 0.25) is 0 Å². The van der Waals surface area contributed by atoms with Gasteiger partial charge in [-0.1, -0.05) is 0 Å². The first-order valence-corrected chi connectivity index (χ1v) is 7.39. The van der Waals surface area contributed by atoms with E-state index in [1.165, 1.54) is 24.3 Å². The number of aromatic nitrogens is 3. The SMILES string of the molecule is O=Cc1cccn2nc(CC3CCSCC3)nc12. The van der Waals surface area contributed by atoms with Crippen LogP contribution in [0.1, 0.15) is 29.0 Å². The molecule has 0 aromatic carbocycles. The molecule has 1 aliphatic rings. The third-order valence-electron chi connectivity index (χ3n) is 3.38. The van der Waals surface area contributed by atoms with Gasteiger partial charge in [0.15, 0.2) is 17.8 Å². The molecule has 94 valence electrons. The highest BCUT2D eigenvalue weighted by Gasteiger charge is 2.17. The van der Waals surface area contributed by atoms with Gasteiger partial charge in [0.2, 0.25) is 0 Å². The van der Waals surface area contributed by atoms with E-state index in [2.05, 4.69) is 10.1 Å². The Hall–Kier alpha value is -1.36. The van der Waals surface area contributed by atoms with Gasteiger partial charge in [-0.15, -0.1) is 0 Å². The maximum Gasteiger partial charge on any atom is 0.166 e. The van der Waals surface area contributed by atoms with Gasteiger partial charge in [-0.3, -0.25) is 4.79 Å². The lowest BCUT2D eigenvalue weighted by molar-refractivity contribution is 0.112. The smallest absolute Gasteiger partial charge is 0.166 e. The Kier molecular flexibility index (Phi) is 3.32. The standard InChI is InChI=1S/C13H15N3OS/c17-9-11-2-1-5-16-13(11)14-12(15-16)8-10-3-6-18-7-4-10/h1-2,5,9-10H,3-4,6-8H2. The van der Waals surface area contributed by atoms with Gasteiger partial charge < -0.3 is 0 Å². The normalized spacial score (nSPS) is 17.1. The minimum absolute atomic E-state index is 0.607. The number of thioether (sulfide) groups is 1. The molecule has 5 heteroatoms. The lowest BCUT2D eigenvalue weighted by Crippen LogP contribution is -2.13. The van der Waals surface area contributed by atoms with Crippen LogP contribution >= 0.6 is 11.8 Å². The van der Waals surface area contributed by atoms with Gasteiger partial charge in [0.05, 0.1) is 5.56 Å². The largest absolute Gasteiger partial charge is 0.298 e. The van der Waals surface area contributed by atoms with E-state index in [0.29, 0.717) is 17.1 Å². The molecule has 18 heavy (non-hydrogen) atoms. The molecule has 3 rings (SSSR count). The summed E-state index contributed by atoms with van der Waals surface area (Å²) in [5.41, 5.74) is 1.28. The van der Waals surface area contributed by atoms with Crippen LogP contribution in [0.25, 0.3) is 5.65 Å². The predicted octanol–water partition coefficient (Wildman–Crippen LogP) is 2.23. The second kappa shape index (κ2) is 5.10. The quantitative estimate of drug-likeness (QED) is 0.795. The number of nitrogens with zero attached hydrogens (tertiary/aromatic N) is 3. The first kappa shape index (κ1) is 11.7. The molecule has 2 aromatic rings. The number of aldehydes is 1. The second-order valence-corrected chi connectivity index (χ2v) is 5.86. The molecule has 1 aliphatic heterocycles. The lowest BCUT2D eigenvalue weighted by Gasteiger charge is -2.19. The van der Waals surface area contributed by atoms with Crippen molar-refractivity contribution < 1.29 is 4.79 Å². The van der Waals surface area contributed by atoms with E-state index in [9.17, 15) is 4.79 Å².